The maximum atomic E-state index is 8.64. The van der Waals surface area contributed by atoms with Crippen LogP contribution < -0.4 is 4.74 Å². The Morgan fingerprint density at radius 1 is 1.18 bits per heavy atom. The second-order valence-electron chi connectivity index (χ2n) is 3.66. The second kappa shape index (κ2) is 5.13. The molecule has 84 valence electrons. The molecule has 0 bridgehead atoms. The molecule has 1 heterocycles. The van der Waals surface area contributed by atoms with Crippen LogP contribution in [0.2, 0.25) is 0 Å². The first kappa shape index (κ1) is 11.2. The van der Waals surface area contributed by atoms with E-state index < -0.39 is 0 Å². The van der Waals surface area contributed by atoms with Crippen LogP contribution in [0, 0.1) is 11.3 Å². The van der Waals surface area contributed by atoms with E-state index in [2.05, 4.69) is 4.98 Å². The Labute approximate surface area is 100 Å². The van der Waals surface area contributed by atoms with Crippen molar-refractivity contribution in [3.05, 3.63) is 59.9 Å². The van der Waals surface area contributed by atoms with E-state index in [4.69, 9.17) is 10.00 Å². The molecular formula is C14H12N2O. The molecule has 0 aliphatic rings. The molecule has 0 spiro atoms. The van der Waals surface area contributed by atoms with Crippen molar-refractivity contribution in [2.45, 2.75) is 13.0 Å². The van der Waals surface area contributed by atoms with Crippen LogP contribution in [0.5, 0.6) is 5.75 Å². The van der Waals surface area contributed by atoms with Crippen molar-refractivity contribution in [3.8, 4) is 11.8 Å². The van der Waals surface area contributed by atoms with E-state index in [9.17, 15) is 0 Å². The first-order chi connectivity index (χ1) is 8.29. The third kappa shape index (κ3) is 2.82. The summed E-state index contributed by atoms with van der Waals surface area (Å²) in [5.41, 5.74) is 1.50. The van der Waals surface area contributed by atoms with Gasteiger partial charge in [-0.3, -0.25) is 0 Å². The highest BCUT2D eigenvalue weighted by atomic mass is 16.5. The summed E-state index contributed by atoms with van der Waals surface area (Å²) in [5.74, 6) is 0.667. The van der Waals surface area contributed by atoms with Crippen LogP contribution in [0.25, 0.3) is 0 Å². The van der Waals surface area contributed by atoms with Crippen molar-refractivity contribution in [1.82, 2.24) is 4.98 Å². The molecule has 1 atom stereocenters. The molecule has 1 aromatic carbocycles. The quantitative estimate of drug-likeness (QED) is 0.804. The molecule has 0 N–H and O–H groups in total. The zero-order valence-corrected chi connectivity index (χ0v) is 9.50. The second-order valence-corrected chi connectivity index (χ2v) is 3.66. The summed E-state index contributed by atoms with van der Waals surface area (Å²) in [6.07, 6.45) is 1.53. The van der Waals surface area contributed by atoms with E-state index in [1.807, 2.05) is 43.3 Å². The van der Waals surface area contributed by atoms with Gasteiger partial charge in [0.1, 0.15) is 23.6 Å². The third-order valence-electron chi connectivity index (χ3n) is 2.43. The fraction of sp³-hybridized carbons (Fsp3) is 0.143. The Morgan fingerprint density at radius 2 is 1.94 bits per heavy atom. The van der Waals surface area contributed by atoms with Crippen LogP contribution in [0.4, 0.5) is 0 Å². The Kier molecular flexibility index (Phi) is 3.37. The zero-order valence-electron chi connectivity index (χ0n) is 9.50. The van der Waals surface area contributed by atoms with E-state index in [-0.39, 0.29) is 6.10 Å². The lowest BCUT2D eigenvalue weighted by Gasteiger charge is -2.14. The topological polar surface area (TPSA) is 45.9 Å². The smallest absolute Gasteiger partial charge is 0.140 e. The van der Waals surface area contributed by atoms with E-state index in [0.717, 1.165) is 5.56 Å². The molecule has 3 nitrogen and oxygen atoms in total. The number of hydrogen-bond acceptors (Lipinski definition) is 3. The number of pyridine rings is 1. The molecule has 0 amide bonds. The molecule has 0 aliphatic heterocycles. The molecule has 2 aromatic rings. The van der Waals surface area contributed by atoms with Crippen molar-refractivity contribution in [2.24, 2.45) is 0 Å². The highest BCUT2D eigenvalue weighted by Gasteiger charge is 2.06. The predicted molar refractivity (Wildman–Crippen MR) is 64.4 cm³/mol. The predicted octanol–water partition coefficient (Wildman–Crippen LogP) is 3.09. The number of hydrogen-bond donors (Lipinski definition) is 0. The van der Waals surface area contributed by atoms with Gasteiger partial charge in [-0.05, 0) is 24.6 Å². The SMILES string of the molecule is CC(Oc1ccc(C#N)nc1)c1ccccc1. The molecular weight excluding hydrogens is 212 g/mol. The van der Waals surface area contributed by atoms with Gasteiger partial charge in [0.2, 0.25) is 0 Å². The van der Waals surface area contributed by atoms with Gasteiger partial charge in [-0.2, -0.15) is 5.26 Å². The average Bonchev–Trinajstić information content (AvgIpc) is 2.40. The minimum absolute atomic E-state index is 0.0362. The minimum Gasteiger partial charge on any atom is -0.484 e. The number of nitriles is 1. The summed E-state index contributed by atoms with van der Waals surface area (Å²) < 4.78 is 5.73. The average molecular weight is 224 g/mol. The lowest BCUT2D eigenvalue weighted by Crippen LogP contribution is -2.03. The largest absolute Gasteiger partial charge is 0.484 e. The van der Waals surface area contributed by atoms with Crippen LogP contribution >= 0.6 is 0 Å². The summed E-state index contributed by atoms with van der Waals surface area (Å²) in [7, 11) is 0. The fourth-order valence-electron chi connectivity index (χ4n) is 1.51. The lowest BCUT2D eigenvalue weighted by molar-refractivity contribution is 0.226. The van der Waals surface area contributed by atoms with E-state index in [1.165, 1.54) is 0 Å². The molecule has 1 aromatic heterocycles. The maximum Gasteiger partial charge on any atom is 0.140 e. The summed E-state index contributed by atoms with van der Waals surface area (Å²) in [6, 6.07) is 15.3. The van der Waals surface area contributed by atoms with Crippen LogP contribution in [0.1, 0.15) is 24.3 Å². The van der Waals surface area contributed by atoms with Crippen molar-refractivity contribution in [2.75, 3.05) is 0 Å². The van der Waals surface area contributed by atoms with E-state index in [0.29, 0.717) is 11.4 Å². The molecule has 3 heteroatoms. The molecule has 0 fully saturated rings. The van der Waals surface area contributed by atoms with E-state index in [1.54, 1.807) is 18.3 Å². The minimum atomic E-state index is -0.0362. The third-order valence-corrected chi connectivity index (χ3v) is 2.43. The van der Waals surface area contributed by atoms with Gasteiger partial charge in [0.25, 0.3) is 0 Å². The number of rotatable bonds is 3. The van der Waals surface area contributed by atoms with Crippen LogP contribution in [-0.2, 0) is 0 Å². The molecule has 0 saturated heterocycles. The van der Waals surface area contributed by atoms with Gasteiger partial charge < -0.3 is 4.74 Å². The lowest BCUT2D eigenvalue weighted by atomic mass is 10.1. The Hall–Kier alpha value is -2.34. The Balaban J connectivity index is 2.08. The van der Waals surface area contributed by atoms with Crippen molar-refractivity contribution in [1.29, 1.82) is 5.26 Å². The van der Waals surface area contributed by atoms with Gasteiger partial charge >= 0.3 is 0 Å². The highest BCUT2D eigenvalue weighted by molar-refractivity contribution is 5.27. The van der Waals surface area contributed by atoms with Gasteiger partial charge in [-0.25, -0.2) is 4.98 Å². The van der Waals surface area contributed by atoms with Gasteiger partial charge in [0.15, 0.2) is 0 Å². The highest BCUT2D eigenvalue weighted by Crippen LogP contribution is 2.20. The monoisotopic (exact) mass is 224 g/mol. The number of benzene rings is 1. The van der Waals surface area contributed by atoms with Crippen LogP contribution in [0.3, 0.4) is 0 Å². The summed E-state index contributed by atoms with van der Waals surface area (Å²) in [5, 5.41) is 8.64. The number of ether oxygens (including phenoxy) is 1. The number of nitrogens with zero attached hydrogens (tertiary/aromatic N) is 2. The molecule has 0 radical (unpaired) electrons. The zero-order chi connectivity index (χ0) is 12.1. The van der Waals surface area contributed by atoms with Gasteiger partial charge in [0.05, 0.1) is 6.20 Å². The molecule has 2 rings (SSSR count). The molecule has 17 heavy (non-hydrogen) atoms. The summed E-state index contributed by atoms with van der Waals surface area (Å²) in [4.78, 5) is 3.96. The van der Waals surface area contributed by atoms with Crippen molar-refractivity contribution in [3.63, 3.8) is 0 Å². The molecule has 0 aliphatic carbocycles. The first-order valence-corrected chi connectivity index (χ1v) is 5.37. The Morgan fingerprint density at radius 3 is 2.53 bits per heavy atom. The Bertz CT molecular complexity index is 514. The van der Waals surface area contributed by atoms with Gasteiger partial charge in [0, 0.05) is 0 Å². The standard InChI is InChI=1S/C14H12N2O/c1-11(12-5-3-2-4-6-12)17-14-8-7-13(9-15)16-10-14/h2-8,10-11H,1H3. The summed E-state index contributed by atoms with van der Waals surface area (Å²) in [6.45, 7) is 1.98. The maximum absolute atomic E-state index is 8.64. The summed E-state index contributed by atoms with van der Waals surface area (Å²) >= 11 is 0. The van der Waals surface area contributed by atoms with Crippen LogP contribution in [-0.4, -0.2) is 4.98 Å². The van der Waals surface area contributed by atoms with Gasteiger partial charge in [-0.1, -0.05) is 30.3 Å². The van der Waals surface area contributed by atoms with Gasteiger partial charge in [-0.15, -0.1) is 0 Å². The molecule has 1 unspecified atom stereocenters. The molecule has 0 saturated carbocycles. The van der Waals surface area contributed by atoms with Crippen molar-refractivity contribution >= 4 is 0 Å². The normalized spacial score (nSPS) is 11.5. The van der Waals surface area contributed by atoms with Crippen molar-refractivity contribution < 1.29 is 4.74 Å². The first-order valence-electron chi connectivity index (χ1n) is 5.37. The number of aromatic nitrogens is 1. The van der Waals surface area contributed by atoms with Crippen LogP contribution in [0.15, 0.2) is 48.7 Å². The fourth-order valence-corrected chi connectivity index (χ4v) is 1.51. The van der Waals surface area contributed by atoms with E-state index >= 15 is 0 Å².